The largest absolute Gasteiger partial charge is 0.377 e. The second-order valence-electron chi connectivity index (χ2n) is 5.56. The fourth-order valence-electron chi connectivity index (χ4n) is 2.69. The molecule has 1 fully saturated rings. The number of nitrogens with zero attached hydrogens (tertiary/aromatic N) is 3. The molecule has 1 saturated heterocycles. The first-order valence-electron chi connectivity index (χ1n) is 7.59. The van der Waals surface area contributed by atoms with Gasteiger partial charge in [0.05, 0.1) is 12.3 Å². The Kier molecular flexibility index (Phi) is 4.34. The SMILES string of the molecule is CO[C@@H](C)c1ccc(-c2ncc(F)c(N3CCCC3)n2)cc1. The van der Waals surface area contributed by atoms with E-state index in [-0.39, 0.29) is 11.9 Å². The molecule has 2 aromatic rings. The molecule has 1 atom stereocenters. The van der Waals surface area contributed by atoms with E-state index in [1.165, 1.54) is 6.20 Å². The average Bonchev–Trinajstić information content (AvgIpc) is 3.09. The third-order valence-corrected chi connectivity index (χ3v) is 4.12. The van der Waals surface area contributed by atoms with Gasteiger partial charge in [0, 0.05) is 25.8 Å². The van der Waals surface area contributed by atoms with Crippen LogP contribution in [0.3, 0.4) is 0 Å². The first-order chi connectivity index (χ1) is 10.7. The summed E-state index contributed by atoms with van der Waals surface area (Å²) >= 11 is 0. The summed E-state index contributed by atoms with van der Waals surface area (Å²) in [6, 6.07) is 7.88. The van der Waals surface area contributed by atoms with E-state index in [9.17, 15) is 4.39 Å². The number of ether oxygens (including phenoxy) is 1. The van der Waals surface area contributed by atoms with Crippen LogP contribution in [0.5, 0.6) is 0 Å². The van der Waals surface area contributed by atoms with Crippen molar-refractivity contribution in [2.24, 2.45) is 0 Å². The highest BCUT2D eigenvalue weighted by atomic mass is 19.1. The lowest BCUT2D eigenvalue weighted by Gasteiger charge is -2.17. The smallest absolute Gasteiger partial charge is 0.183 e. The van der Waals surface area contributed by atoms with Gasteiger partial charge in [0.2, 0.25) is 0 Å². The lowest BCUT2D eigenvalue weighted by atomic mass is 10.1. The Labute approximate surface area is 130 Å². The molecule has 22 heavy (non-hydrogen) atoms. The van der Waals surface area contributed by atoms with E-state index in [1.54, 1.807) is 7.11 Å². The molecule has 0 saturated carbocycles. The van der Waals surface area contributed by atoms with Gasteiger partial charge in [-0.15, -0.1) is 0 Å². The summed E-state index contributed by atoms with van der Waals surface area (Å²) in [5.41, 5.74) is 1.97. The maximum absolute atomic E-state index is 14.0. The van der Waals surface area contributed by atoms with Crippen molar-refractivity contribution in [1.29, 1.82) is 0 Å². The molecule has 116 valence electrons. The van der Waals surface area contributed by atoms with Gasteiger partial charge in [0.1, 0.15) is 0 Å². The van der Waals surface area contributed by atoms with Gasteiger partial charge in [-0.25, -0.2) is 14.4 Å². The van der Waals surface area contributed by atoms with Crippen molar-refractivity contribution < 1.29 is 9.13 Å². The maximum atomic E-state index is 14.0. The predicted molar refractivity (Wildman–Crippen MR) is 84.3 cm³/mol. The van der Waals surface area contributed by atoms with Gasteiger partial charge < -0.3 is 9.64 Å². The third-order valence-electron chi connectivity index (χ3n) is 4.12. The molecule has 1 aromatic carbocycles. The zero-order valence-electron chi connectivity index (χ0n) is 12.9. The molecular weight excluding hydrogens is 281 g/mol. The van der Waals surface area contributed by atoms with E-state index < -0.39 is 0 Å². The van der Waals surface area contributed by atoms with Crippen LogP contribution in [0.15, 0.2) is 30.5 Å². The van der Waals surface area contributed by atoms with Crippen LogP contribution >= 0.6 is 0 Å². The van der Waals surface area contributed by atoms with Crippen molar-refractivity contribution in [2.75, 3.05) is 25.1 Å². The zero-order valence-corrected chi connectivity index (χ0v) is 12.9. The number of hydrogen-bond donors (Lipinski definition) is 0. The van der Waals surface area contributed by atoms with Gasteiger partial charge in [-0.2, -0.15) is 0 Å². The molecule has 1 aliphatic rings. The first kappa shape index (κ1) is 14.9. The fraction of sp³-hybridized carbons (Fsp3) is 0.412. The topological polar surface area (TPSA) is 38.2 Å². The molecule has 5 heteroatoms. The van der Waals surface area contributed by atoms with Gasteiger partial charge in [-0.1, -0.05) is 24.3 Å². The highest BCUT2D eigenvalue weighted by molar-refractivity contribution is 5.58. The van der Waals surface area contributed by atoms with Gasteiger partial charge >= 0.3 is 0 Å². The highest BCUT2D eigenvalue weighted by Crippen LogP contribution is 2.25. The quantitative estimate of drug-likeness (QED) is 0.865. The van der Waals surface area contributed by atoms with Crippen molar-refractivity contribution in [3.8, 4) is 11.4 Å². The van der Waals surface area contributed by atoms with Crippen LogP contribution in [0, 0.1) is 5.82 Å². The van der Waals surface area contributed by atoms with E-state index in [0.717, 1.165) is 37.1 Å². The Morgan fingerprint density at radius 1 is 1.18 bits per heavy atom. The standard InChI is InChI=1S/C17H20FN3O/c1-12(22-2)13-5-7-14(8-6-13)16-19-11-15(18)17(20-16)21-9-3-4-10-21/h5-8,11-12H,3-4,9-10H2,1-2H3/t12-/m0/s1. The number of benzene rings is 1. The minimum absolute atomic E-state index is 0.0448. The molecule has 0 radical (unpaired) electrons. The summed E-state index contributed by atoms with van der Waals surface area (Å²) in [4.78, 5) is 10.5. The molecule has 0 N–H and O–H groups in total. The normalized spacial score (nSPS) is 16.0. The molecule has 0 spiro atoms. The molecule has 4 nitrogen and oxygen atoms in total. The van der Waals surface area contributed by atoms with Crippen LogP contribution in [0.4, 0.5) is 10.2 Å². The molecular formula is C17H20FN3O. The molecule has 3 rings (SSSR count). The number of aromatic nitrogens is 2. The monoisotopic (exact) mass is 301 g/mol. The van der Waals surface area contributed by atoms with Crippen LogP contribution in [0.25, 0.3) is 11.4 Å². The minimum atomic E-state index is -0.352. The van der Waals surface area contributed by atoms with Gasteiger partial charge in [-0.3, -0.25) is 0 Å². The van der Waals surface area contributed by atoms with E-state index in [1.807, 2.05) is 36.1 Å². The number of rotatable bonds is 4. The summed E-state index contributed by atoms with van der Waals surface area (Å²) in [6.07, 6.45) is 3.48. The predicted octanol–water partition coefficient (Wildman–Crippen LogP) is 3.59. The van der Waals surface area contributed by atoms with Gasteiger partial charge in [0.25, 0.3) is 0 Å². The summed E-state index contributed by atoms with van der Waals surface area (Å²) in [5.74, 6) is 0.618. The van der Waals surface area contributed by atoms with Crippen molar-refractivity contribution in [3.05, 3.63) is 41.8 Å². The van der Waals surface area contributed by atoms with Crippen molar-refractivity contribution >= 4 is 5.82 Å². The molecule has 0 aliphatic carbocycles. The third kappa shape index (κ3) is 2.95. The Balaban J connectivity index is 1.89. The maximum Gasteiger partial charge on any atom is 0.183 e. The Hall–Kier alpha value is -2.01. The fourth-order valence-corrected chi connectivity index (χ4v) is 2.69. The van der Waals surface area contributed by atoms with Crippen LogP contribution < -0.4 is 4.90 Å². The number of anilines is 1. The molecule has 2 heterocycles. The van der Waals surface area contributed by atoms with Crippen molar-refractivity contribution in [2.45, 2.75) is 25.9 Å². The van der Waals surface area contributed by atoms with Crippen LogP contribution in [0.2, 0.25) is 0 Å². The van der Waals surface area contributed by atoms with Crippen LogP contribution in [-0.2, 0) is 4.74 Å². The Morgan fingerprint density at radius 3 is 2.50 bits per heavy atom. The Bertz CT molecular complexity index is 639. The second-order valence-corrected chi connectivity index (χ2v) is 5.56. The van der Waals surface area contributed by atoms with E-state index in [2.05, 4.69) is 9.97 Å². The average molecular weight is 301 g/mol. The van der Waals surface area contributed by atoms with Crippen molar-refractivity contribution in [1.82, 2.24) is 9.97 Å². The van der Waals surface area contributed by atoms with Gasteiger partial charge in [0.15, 0.2) is 17.5 Å². The van der Waals surface area contributed by atoms with Crippen molar-refractivity contribution in [3.63, 3.8) is 0 Å². The summed E-state index contributed by atoms with van der Waals surface area (Å²) in [7, 11) is 1.68. The Morgan fingerprint density at radius 2 is 1.86 bits per heavy atom. The number of halogens is 1. The lowest BCUT2D eigenvalue weighted by molar-refractivity contribution is 0.119. The lowest BCUT2D eigenvalue weighted by Crippen LogP contribution is -2.21. The van der Waals surface area contributed by atoms with E-state index in [4.69, 9.17) is 4.74 Å². The summed E-state index contributed by atoms with van der Waals surface area (Å²) in [5, 5.41) is 0. The molecule has 0 amide bonds. The van der Waals surface area contributed by atoms with E-state index >= 15 is 0 Å². The first-order valence-corrected chi connectivity index (χ1v) is 7.59. The molecule has 0 bridgehead atoms. The summed E-state index contributed by atoms with van der Waals surface area (Å²) < 4.78 is 19.3. The number of hydrogen-bond acceptors (Lipinski definition) is 4. The van der Waals surface area contributed by atoms with Crippen LogP contribution in [0.1, 0.15) is 31.4 Å². The van der Waals surface area contributed by atoms with Gasteiger partial charge in [-0.05, 0) is 25.3 Å². The van der Waals surface area contributed by atoms with Crippen LogP contribution in [-0.4, -0.2) is 30.2 Å². The molecule has 1 aromatic heterocycles. The summed E-state index contributed by atoms with van der Waals surface area (Å²) in [6.45, 7) is 3.71. The molecule has 0 unspecified atom stereocenters. The van der Waals surface area contributed by atoms with E-state index in [0.29, 0.717) is 11.6 Å². The molecule has 1 aliphatic heterocycles. The number of methoxy groups -OCH3 is 1. The highest BCUT2D eigenvalue weighted by Gasteiger charge is 2.19. The zero-order chi connectivity index (χ0) is 15.5. The minimum Gasteiger partial charge on any atom is -0.377 e. The second kappa shape index (κ2) is 6.40.